The predicted octanol–water partition coefficient (Wildman–Crippen LogP) is 4.55. The van der Waals surface area contributed by atoms with Crippen LogP contribution in [0.4, 0.5) is 0 Å². The lowest BCUT2D eigenvalue weighted by Gasteiger charge is -2.05. The second kappa shape index (κ2) is 5.03. The van der Waals surface area contributed by atoms with Gasteiger partial charge in [-0.3, -0.25) is 0 Å². The number of benzene rings is 1. The van der Waals surface area contributed by atoms with Crippen molar-refractivity contribution in [2.24, 2.45) is 0 Å². The quantitative estimate of drug-likeness (QED) is 0.766. The number of hydrogen-bond donors (Lipinski definition) is 0. The van der Waals surface area contributed by atoms with Gasteiger partial charge < -0.3 is 0 Å². The molecule has 0 amide bonds. The molecule has 66 valence electrons. The monoisotopic (exact) mass is 290 g/mol. The van der Waals surface area contributed by atoms with Crippen molar-refractivity contribution in [3.8, 4) is 0 Å². The highest BCUT2D eigenvalue weighted by Gasteiger charge is 2.02. The molecule has 0 spiro atoms. The molecule has 0 unspecified atom stereocenters. The molecule has 1 rings (SSSR count). The molecule has 0 radical (unpaired) electrons. The van der Waals surface area contributed by atoms with Crippen LogP contribution in [0.25, 0.3) is 0 Å². The van der Waals surface area contributed by atoms with E-state index in [0.29, 0.717) is 0 Å². The van der Waals surface area contributed by atoms with Gasteiger partial charge in [0, 0.05) is 8.95 Å². The number of unbranched alkanes of at least 4 members (excludes halogenated alkanes) is 1. The van der Waals surface area contributed by atoms with Crippen LogP contribution in [0.15, 0.2) is 27.1 Å². The van der Waals surface area contributed by atoms with E-state index in [-0.39, 0.29) is 0 Å². The molecule has 0 bridgehead atoms. The molecule has 0 fully saturated rings. The summed E-state index contributed by atoms with van der Waals surface area (Å²) < 4.78 is 2.43. The third-order valence-electron chi connectivity index (χ3n) is 1.84. The maximum atomic E-state index is 3.55. The summed E-state index contributed by atoms with van der Waals surface area (Å²) in [7, 11) is 0. The summed E-state index contributed by atoms with van der Waals surface area (Å²) in [6, 6.07) is 6.23. The van der Waals surface area contributed by atoms with Crippen LogP contribution in [0.3, 0.4) is 0 Å². The van der Waals surface area contributed by atoms with Gasteiger partial charge in [0.05, 0.1) is 0 Å². The first kappa shape index (κ1) is 10.3. The van der Waals surface area contributed by atoms with Crippen LogP contribution < -0.4 is 0 Å². The van der Waals surface area contributed by atoms with Gasteiger partial charge in [-0.05, 0) is 30.5 Å². The Morgan fingerprint density at radius 3 is 2.25 bits per heavy atom. The summed E-state index contributed by atoms with van der Waals surface area (Å²) in [5.74, 6) is 0. The average molecular weight is 292 g/mol. The van der Waals surface area contributed by atoms with Crippen LogP contribution in [0.2, 0.25) is 0 Å². The van der Waals surface area contributed by atoms with Gasteiger partial charge in [0.1, 0.15) is 0 Å². The Morgan fingerprint density at radius 1 is 1.17 bits per heavy atom. The van der Waals surface area contributed by atoms with E-state index in [2.05, 4.69) is 50.9 Å². The van der Waals surface area contributed by atoms with E-state index in [0.717, 1.165) is 6.42 Å². The lowest BCUT2D eigenvalue weighted by Crippen LogP contribution is -1.87. The predicted molar refractivity (Wildman–Crippen MR) is 60.5 cm³/mol. The van der Waals surface area contributed by atoms with Crippen LogP contribution in [-0.4, -0.2) is 0 Å². The molecule has 0 saturated heterocycles. The minimum atomic E-state index is 1.15. The Bertz CT molecular complexity index is 236. The van der Waals surface area contributed by atoms with Crippen molar-refractivity contribution in [3.63, 3.8) is 0 Å². The fourth-order valence-electron chi connectivity index (χ4n) is 1.12. The van der Waals surface area contributed by atoms with Crippen molar-refractivity contribution in [2.75, 3.05) is 0 Å². The normalized spacial score (nSPS) is 10.2. The number of rotatable bonds is 3. The molecule has 1 aromatic carbocycles. The van der Waals surface area contributed by atoms with E-state index in [1.165, 1.54) is 27.4 Å². The van der Waals surface area contributed by atoms with Crippen molar-refractivity contribution in [1.82, 2.24) is 0 Å². The Labute approximate surface area is 90.6 Å². The SMILES string of the molecule is CCCCc1c(Br)cccc1Br. The van der Waals surface area contributed by atoms with E-state index < -0.39 is 0 Å². The molecular formula is C10H12Br2. The van der Waals surface area contributed by atoms with E-state index in [4.69, 9.17) is 0 Å². The summed E-state index contributed by atoms with van der Waals surface area (Å²) >= 11 is 7.09. The second-order valence-electron chi connectivity index (χ2n) is 2.80. The first-order valence-corrected chi connectivity index (χ1v) is 5.77. The van der Waals surface area contributed by atoms with E-state index in [9.17, 15) is 0 Å². The minimum absolute atomic E-state index is 1.15. The first-order valence-electron chi connectivity index (χ1n) is 4.18. The molecule has 2 heteroatoms. The molecule has 0 N–H and O–H groups in total. The van der Waals surface area contributed by atoms with Crippen LogP contribution in [-0.2, 0) is 6.42 Å². The number of hydrogen-bond acceptors (Lipinski definition) is 0. The van der Waals surface area contributed by atoms with Gasteiger partial charge in [0.15, 0.2) is 0 Å². The maximum absolute atomic E-state index is 3.55. The molecule has 0 atom stereocenters. The summed E-state index contributed by atoms with van der Waals surface area (Å²) in [5.41, 5.74) is 1.39. The zero-order valence-electron chi connectivity index (χ0n) is 7.11. The fourth-order valence-corrected chi connectivity index (χ4v) is 2.52. The van der Waals surface area contributed by atoms with Crippen molar-refractivity contribution in [3.05, 3.63) is 32.7 Å². The molecule has 0 aliphatic rings. The highest BCUT2D eigenvalue weighted by atomic mass is 79.9. The van der Waals surface area contributed by atoms with Crippen molar-refractivity contribution >= 4 is 31.9 Å². The van der Waals surface area contributed by atoms with E-state index in [1.807, 2.05) is 6.07 Å². The second-order valence-corrected chi connectivity index (χ2v) is 4.51. The molecule has 0 saturated carbocycles. The van der Waals surface area contributed by atoms with Gasteiger partial charge in [-0.25, -0.2) is 0 Å². The average Bonchev–Trinajstić information content (AvgIpc) is 2.04. The Balaban J connectivity index is 2.81. The molecule has 0 heterocycles. The standard InChI is InChI=1S/C10H12Br2/c1-2-3-5-8-9(11)6-4-7-10(8)12/h4,6-7H,2-3,5H2,1H3. The first-order chi connectivity index (χ1) is 5.75. The Morgan fingerprint density at radius 2 is 1.75 bits per heavy atom. The van der Waals surface area contributed by atoms with Crippen molar-refractivity contribution < 1.29 is 0 Å². The van der Waals surface area contributed by atoms with Crippen LogP contribution in [0.1, 0.15) is 25.3 Å². The van der Waals surface area contributed by atoms with Gasteiger partial charge in [0.25, 0.3) is 0 Å². The van der Waals surface area contributed by atoms with E-state index >= 15 is 0 Å². The van der Waals surface area contributed by atoms with Crippen molar-refractivity contribution in [2.45, 2.75) is 26.2 Å². The highest BCUT2D eigenvalue weighted by molar-refractivity contribution is 9.11. The zero-order valence-corrected chi connectivity index (χ0v) is 10.3. The van der Waals surface area contributed by atoms with Gasteiger partial charge >= 0.3 is 0 Å². The molecule has 1 aromatic rings. The largest absolute Gasteiger partial charge is 0.0654 e. The van der Waals surface area contributed by atoms with Crippen LogP contribution >= 0.6 is 31.9 Å². The Hall–Kier alpha value is 0.180. The van der Waals surface area contributed by atoms with Gasteiger partial charge in [0.2, 0.25) is 0 Å². The topological polar surface area (TPSA) is 0 Å². The lowest BCUT2D eigenvalue weighted by atomic mass is 10.1. The van der Waals surface area contributed by atoms with Gasteiger partial charge in [-0.2, -0.15) is 0 Å². The third-order valence-corrected chi connectivity index (χ3v) is 3.33. The van der Waals surface area contributed by atoms with Crippen LogP contribution in [0, 0.1) is 0 Å². The van der Waals surface area contributed by atoms with Crippen molar-refractivity contribution in [1.29, 1.82) is 0 Å². The lowest BCUT2D eigenvalue weighted by molar-refractivity contribution is 0.790. The highest BCUT2D eigenvalue weighted by Crippen LogP contribution is 2.26. The van der Waals surface area contributed by atoms with E-state index in [1.54, 1.807) is 0 Å². The molecular weight excluding hydrogens is 280 g/mol. The molecule has 12 heavy (non-hydrogen) atoms. The molecule has 0 aliphatic heterocycles. The number of halogens is 2. The smallest absolute Gasteiger partial charge is 0.0218 e. The zero-order chi connectivity index (χ0) is 8.97. The molecule has 0 aromatic heterocycles. The molecule has 0 nitrogen and oxygen atoms in total. The molecule has 0 aliphatic carbocycles. The maximum Gasteiger partial charge on any atom is 0.0218 e. The Kier molecular flexibility index (Phi) is 4.30. The summed E-state index contributed by atoms with van der Waals surface area (Å²) in [6.07, 6.45) is 3.65. The van der Waals surface area contributed by atoms with Gasteiger partial charge in [-0.1, -0.05) is 51.3 Å². The third kappa shape index (κ3) is 2.60. The summed E-state index contributed by atoms with van der Waals surface area (Å²) in [5, 5.41) is 0. The summed E-state index contributed by atoms with van der Waals surface area (Å²) in [4.78, 5) is 0. The fraction of sp³-hybridized carbons (Fsp3) is 0.400. The van der Waals surface area contributed by atoms with Crippen LogP contribution in [0.5, 0.6) is 0 Å². The minimum Gasteiger partial charge on any atom is -0.0654 e. The summed E-state index contributed by atoms with van der Waals surface area (Å²) in [6.45, 7) is 2.21. The van der Waals surface area contributed by atoms with Gasteiger partial charge in [-0.15, -0.1) is 0 Å².